The SMILES string of the molecule is COC(=O)c1cc2c(s1)C(c1ccccc1)=NC2.O.O=C(O)c1cc2c(s1)C(c1ccccc1)=NC2.[Li+].[OH-]. The summed E-state index contributed by atoms with van der Waals surface area (Å²) < 4.78 is 4.75. The van der Waals surface area contributed by atoms with Gasteiger partial charge in [-0.25, -0.2) is 9.59 Å². The van der Waals surface area contributed by atoms with Crippen molar-refractivity contribution in [2.45, 2.75) is 13.1 Å². The molecule has 0 bridgehead atoms. The number of esters is 1. The fourth-order valence-corrected chi connectivity index (χ4v) is 6.07. The Kier molecular flexibility index (Phi) is 10.9. The second kappa shape index (κ2) is 13.4. The number of benzene rings is 2. The Hall–Kier alpha value is -3.36. The number of methoxy groups -OCH3 is 1. The van der Waals surface area contributed by atoms with E-state index in [1.54, 1.807) is 6.07 Å². The Morgan fingerprint density at radius 1 is 0.789 bits per heavy atom. The maximum Gasteiger partial charge on any atom is 1.00 e. The molecule has 38 heavy (non-hydrogen) atoms. The molecule has 4 heterocycles. The van der Waals surface area contributed by atoms with E-state index in [2.05, 4.69) is 9.98 Å². The van der Waals surface area contributed by atoms with Crippen molar-refractivity contribution < 1.29 is 49.2 Å². The summed E-state index contributed by atoms with van der Waals surface area (Å²) in [5.41, 5.74) is 6.16. The van der Waals surface area contributed by atoms with Crippen LogP contribution in [-0.4, -0.2) is 46.5 Å². The number of aliphatic imine (C=N–C) groups is 2. The molecule has 2 aromatic heterocycles. The second-order valence-corrected chi connectivity index (χ2v) is 9.89. The Labute approximate surface area is 239 Å². The molecule has 2 aliphatic heterocycles. The Balaban J connectivity index is 0.000000248. The van der Waals surface area contributed by atoms with E-state index in [0.717, 1.165) is 43.4 Å². The summed E-state index contributed by atoms with van der Waals surface area (Å²) in [6, 6.07) is 23.5. The van der Waals surface area contributed by atoms with E-state index < -0.39 is 5.97 Å². The van der Waals surface area contributed by atoms with Crippen LogP contribution in [0, 0.1) is 0 Å². The number of nitrogens with zero attached hydrogens (tertiary/aromatic N) is 2. The minimum Gasteiger partial charge on any atom is -0.870 e. The number of aromatic carboxylic acids is 1. The summed E-state index contributed by atoms with van der Waals surface area (Å²) in [4.78, 5) is 34.5. The first kappa shape index (κ1) is 30.9. The number of hydrogen-bond donors (Lipinski definition) is 1. The third-order valence-electron chi connectivity index (χ3n) is 5.55. The molecule has 0 amide bonds. The third kappa shape index (κ3) is 6.19. The van der Waals surface area contributed by atoms with Crippen LogP contribution in [-0.2, 0) is 17.8 Å². The number of carbonyl (C=O) groups excluding carboxylic acids is 1. The van der Waals surface area contributed by atoms with Crippen molar-refractivity contribution in [1.82, 2.24) is 0 Å². The molecule has 0 aliphatic carbocycles. The molecule has 4 N–H and O–H groups in total. The number of carbonyl (C=O) groups is 2. The minimum absolute atomic E-state index is 0. The summed E-state index contributed by atoms with van der Waals surface area (Å²) in [5, 5.41) is 8.97. The summed E-state index contributed by atoms with van der Waals surface area (Å²) in [7, 11) is 1.40. The number of rotatable bonds is 4. The smallest absolute Gasteiger partial charge is 0.870 e. The van der Waals surface area contributed by atoms with E-state index in [-0.39, 0.29) is 35.8 Å². The first-order chi connectivity index (χ1) is 17.0. The largest absolute Gasteiger partial charge is 1.00 e. The molecule has 0 radical (unpaired) electrons. The molecule has 0 spiro atoms. The summed E-state index contributed by atoms with van der Waals surface area (Å²) in [5.74, 6) is -1.14. The molecule has 190 valence electrons. The fraction of sp³-hybridized carbons (Fsp3) is 0.111. The van der Waals surface area contributed by atoms with Crippen LogP contribution in [0.4, 0.5) is 0 Å². The Morgan fingerprint density at radius 2 is 1.21 bits per heavy atom. The molecule has 2 aromatic carbocycles. The molecule has 2 aliphatic rings. The number of ether oxygens (including phenoxy) is 1. The van der Waals surface area contributed by atoms with E-state index in [9.17, 15) is 9.59 Å². The normalized spacial score (nSPS) is 12.1. The van der Waals surface area contributed by atoms with Crippen LogP contribution in [0.5, 0.6) is 0 Å². The van der Waals surface area contributed by atoms with E-state index in [0.29, 0.717) is 22.8 Å². The van der Waals surface area contributed by atoms with E-state index in [1.807, 2.05) is 66.7 Å². The summed E-state index contributed by atoms with van der Waals surface area (Å²) >= 11 is 2.76. The molecule has 0 unspecified atom stereocenters. The zero-order valence-corrected chi connectivity index (χ0v) is 22.3. The minimum atomic E-state index is -0.864. The predicted molar refractivity (Wildman–Crippen MR) is 144 cm³/mol. The van der Waals surface area contributed by atoms with Gasteiger partial charge in [-0.3, -0.25) is 9.98 Å². The van der Waals surface area contributed by atoms with Gasteiger partial charge in [0.2, 0.25) is 0 Å². The Bertz CT molecular complexity index is 1480. The molecule has 0 saturated carbocycles. The number of hydrogen-bond acceptors (Lipinski definition) is 8. The molecular formula is C27H23LiN2O6S2. The Morgan fingerprint density at radius 3 is 1.63 bits per heavy atom. The quantitative estimate of drug-likeness (QED) is 0.308. The van der Waals surface area contributed by atoms with Crippen molar-refractivity contribution in [3.8, 4) is 0 Å². The van der Waals surface area contributed by atoms with Gasteiger partial charge < -0.3 is 20.8 Å². The first-order valence-corrected chi connectivity index (χ1v) is 12.5. The van der Waals surface area contributed by atoms with Crippen LogP contribution in [0.3, 0.4) is 0 Å². The standard InChI is InChI=1S/C14H11NO2S.C13H9NO2S.Li.2H2O/c1-17-14(16)11-7-10-8-15-12(13(10)18-11)9-5-3-2-4-6-9;15-13(16)10-6-9-7-14-11(12(9)17-10)8-4-2-1-3-5-8;;;/h2-7H,8H2,1H3;1-6H,7H2,(H,15,16);;2*1H2/q;;+1;;/p-1. The first-order valence-electron chi connectivity index (χ1n) is 10.8. The van der Waals surface area contributed by atoms with Gasteiger partial charge in [0.25, 0.3) is 0 Å². The van der Waals surface area contributed by atoms with Crippen LogP contribution >= 0.6 is 22.7 Å². The van der Waals surface area contributed by atoms with Gasteiger partial charge in [0.15, 0.2) is 0 Å². The van der Waals surface area contributed by atoms with Gasteiger partial charge in [-0.15, -0.1) is 22.7 Å². The average Bonchev–Trinajstić information content (AvgIpc) is 3.65. The number of thiophene rings is 2. The fourth-order valence-electron chi connectivity index (χ4n) is 3.91. The number of carboxylic acids is 1. The van der Waals surface area contributed by atoms with E-state index >= 15 is 0 Å². The van der Waals surface area contributed by atoms with Crippen molar-refractivity contribution >= 4 is 46.0 Å². The zero-order valence-electron chi connectivity index (χ0n) is 20.7. The van der Waals surface area contributed by atoms with Crippen molar-refractivity contribution in [3.63, 3.8) is 0 Å². The zero-order chi connectivity index (χ0) is 24.4. The average molecular weight is 543 g/mol. The molecular weight excluding hydrogens is 519 g/mol. The van der Waals surface area contributed by atoms with Crippen molar-refractivity contribution in [1.29, 1.82) is 0 Å². The number of fused-ring (bicyclic) bond motifs is 2. The van der Waals surface area contributed by atoms with Gasteiger partial charge in [-0.05, 0) is 23.3 Å². The van der Waals surface area contributed by atoms with Gasteiger partial charge in [0.1, 0.15) is 9.75 Å². The van der Waals surface area contributed by atoms with Gasteiger partial charge in [0, 0.05) is 11.1 Å². The van der Waals surface area contributed by atoms with Gasteiger partial charge in [-0.1, -0.05) is 60.7 Å². The van der Waals surface area contributed by atoms with Crippen LogP contribution < -0.4 is 18.9 Å². The van der Waals surface area contributed by atoms with Crippen molar-refractivity contribution in [2.75, 3.05) is 7.11 Å². The van der Waals surface area contributed by atoms with Gasteiger partial charge >= 0.3 is 30.8 Å². The van der Waals surface area contributed by atoms with E-state index in [4.69, 9.17) is 9.84 Å². The van der Waals surface area contributed by atoms with E-state index in [1.165, 1.54) is 29.8 Å². The van der Waals surface area contributed by atoms with Crippen molar-refractivity contribution in [3.05, 3.63) is 115 Å². The molecule has 11 heteroatoms. The third-order valence-corrected chi connectivity index (χ3v) is 7.89. The number of carboxylic acid groups (broad SMARTS) is 1. The van der Waals surface area contributed by atoms with Gasteiger partial charge in [0.05, 0.1) is 41.4 Å². The maximum atomic E-state index is 11.5. The molecule has 8 nitrogen and oxygen atoms in total. The predicted octanol–water partition coefficient (Wildman–Crippen LogP) is 1.69. The van der Waals surface area contributed by atoms with Crippen LogP contribution in [0.1, 0.15) is 51.4 Å². The van der Waals surface area contributed by atoms with Crippen LogP contribution in [0.15, 0.2) is 82.8 Å². The second-order valence-electron chi connectivity index (χ2n) is 7.79. The maximum absolute atomic E-state index is 11.5. The summed E-state index contributed by atoms with van der Waals surface area (Å²) in [6.07, 6.45) is 0. The molecule has 0 saturated heterocycles. The molecule has 0 fully saturated rings. The van der Waals surface area contributed by atoms with Crippen LogP contribution in [0.2, 0.25) is 0 Å². The molecule has 4 aromatic rings. The topological polar surface area (TPSA) is 150 Å². The molecule has 6 rings (SSSR count). The monoisotopic (exact) mass is 542 g/mol. The molecule has 0 atom stereocenters. The summed E-state index contributed by atoms with van der Waals surface area (Å²) in [6.45, 7) is 1.23. The van der Waals surface area contributed by atoms with Crippen molar-refractivity contribution in [2.24, 2.45) is 9.98 Å². The van der Waals surface area contributed by atoms with Crippen LogP contribution in [0.25, 0.3) is 0 Å². The van der Waals surface area contributed by atoms with Gasteiger partial charge in [-0.2, -0.15) is 0 Å².